The number of nitrogens with zero attached hydrogens (tertiary/aromatic N) is 2. The minimum absolute atomic E-state index is 0.248. The molecule has 1 aromatic rings. The average molecular weight is 271 g/mol. The second-order valence-electron chi connectivity index (χ2n) is 3.87. The first-order valence-electron chi connectivity index (χ1n) is 5.36. The molecule has 0 aliphatic rings. The van der Waals surface area contributed by atoms with Crippen molar-refractivity contribution in [2.24, 2.45) is 0 Å². The first-order chi connectivity index (χ1) is 8.88. The number of carbonyl (C=O) groups is 1. The van der Waals surface area contributed by atoms with Crippen LogP contribution in [0.25, 0.3) is 0 Å². The standard InChI is InChI=1S/C11H14FN3O4/c1-14(3-4-19-2)11(16)7-5-9(13)8(12)6-10(7)15(17)18/h5-6H,3-4,13H2,1-2H3. The summed E-state index contributed by atoms with van der Waals surface area (Å²) in [6.45, 7) is 0.538. The summed E-state index contributed by atoms with van der Waals surface area (Å²) < 4.78 is 18.0. The highest BCUT2D eigenvalue weighted by molar-refractivity contribution is 5.99. The number of methoxy groups -OCH3 is 1. The Morgan fingerprint density at radius 2 is 2.21 bits per heavy atom. The summed E-state index contributed by atoms with van der Waals surface area (Å²) in [7, 11) is 2.93. The van der Waals surface area contributed by atoms with Gasteiger partial charge < -0.3 is 15.4 Å². The van der Waals surface area contributed by atoms with Crippen molar-refractivity contribution in [1.29, 1.82) is 0 Å². The lowest BCUT2D eigenvalue weighted by molar-refractivity contribution is -0.385. The summed E-state index contributed by atoms with van der Waals surface area (Å²) in [6, 6.07) is 1.62. The molecule has 0 spiro atoms. The fourth-order valence-corrected chi connectivity index (χ4v) is 1.44. The van der Waals surface area contributed by atoms with Crippen molar-refractivity contribution in [3.05, 3.63) is 33.6 Å². The van der Waals surface area contributed by atoms with Gasteiger partial charge in [-0.15, -0.1) is 0 Å². The Hall–Kier alpha value is -2.22. The first kappa shape index (κ1) is 14.8. The molecule has 104 valence electrons. The van der Waals surface area contributed by atoms with E-state index in [4.69, 9.17) is 10.5 Å². The van der Waals surface area contributed by atoms with Gasteiger partial charge in [-0.1, -0.05) is 0 Å². The summed E-state index contributed by atoms with van der Waals surface area (Å²) in [5.74, 6) is -1.54. The number of nitrogen functional groups attached to an aromatic ring is 1. The van der Waals surface area contributed by atoms with Gasteiger partial charge in [0.2, 0.25) is 0 Å². The first-order valence-corrected chi connectivity index (χ1v) is 5.36. The number of likely N-dealkylation sites (N-methyl/N-ethyl adjacent to an activating group) is 1. The van der Waals surface area contributed by atoms with E-state index in [2.05, 4.69) is 0 Å². The molecule has 8 heteroatoms. The van der Waals surface area contributed by atoms with Crippen LogP contribution in [-0.4, -0.2) is 43.0 Å². The number of hydrogen-bond donors (Lipinski definition) is 1. The van der Waals surface area contributed by atoms with Crippen LogP contribution in [0, 0.1) is 15.9 Å². The van der Waals surface area contributed by atoms with Crippen molar-refractivity contribution >= 4 is 17.3 Å². The van der Waals surface area contributed by atoms with Crippen LogP contribution in [0.3, 0.4) is 0 Å². The molecule has 0 aliphatic heterocycles. The van der Waals surface area contributed by atoms with Crippen LogP contribution in [0.15, 0.2) is 12.1 Å². The monoisotopic (exact) mass is 271 g/mol. The van der Waals surface area contributed by atoms with Crippen molar-refractivity contribution in [3.8, 4) is 0 Å². The molecule has 2 N–H and O–H groups in total. The molecule has 1 rings (SSSR count). The van der Waals surface area contributed by atoms with Gasteiger partial charge in [-0.25, -0.2) is 4.39 Å². The fourth-order valence-electron chi connectivity index (χ4n) is 1.44. The van der Waals surface area contributed by atoms with Crippen LogP contribution >= 0.6 is 0 Å². The van der Waals surface area contributed by atoms with E-state index in [0.717, 1.165) is 6.07 Å². The predicted molar refractivity (Wildman–Crippen MR) is 66.3 cm³/mol. The molecule has 0 heterocycles. The zero-order valence-electron chi connectivity index (χ0n) is 10.6. The number of halogens is 1. The topological polar surface area (TPSA) is 98.7 Å². The molecule has 7 nitrogen and oxygen atoms in total. The highest BCUT2D eigenvalue weighted by Gasteiger charge is 2.25. The molecule has 0 atom stereocenters. The van der Waals surface area contributed by atoms with Gasteiger partial charge in [0.25, 0.3) is 11.6 Å². The van der Waals surface area contributed by atoms with Crippen molar-refractivity contribution < 1.29 is 18.8 Å². The Morgan fingerprint density at radius 1 is 1.58 bits per heavy atom. The molecule has 0 aliphatic carbocycles. The maximum Gasteiger partial charge on any atom is 0.285 e. The summed E-state index contributed by atoms with van der Waals surface area (Å²) in [4.78, 5) is 23.3. The number of nitrogens with two attached hydrogens (primary N) is 1. The molecular formula is C11H14FN3O4. The summed E-state index contributed by atoms with van der Waals surface area (Å²) >= 11 is 0. The number of benzene rings is 1. The van der Waals surface area contributed by atoms with E-state index in [1.807, 2.05) is 0 Å². The van der Waals surface area contributed by atoms with E-state index < -0.39 is 22.3 Å². The third-order valence-corrected chi connectivity index (χ3v) is 2.52. The number of ether oxygens (including phenoxy) is 1. The van der Waals surface area contributed by atoms with E-state index in [1.54, 1.807) is 0 Å². The van der Waals surface area contributed by atoms with E-state index in [1.165, 1.54) is 19.1 Å². The number of anilines is 1. The van der Waals surface area contributed by atoms with Gasteiger partial charge in [-0.3, -0.25) is 14.9 Å². The van der Waals surface area contributed by atoms with Gasteiger partial charge in [0.15, 0.2) is 5.82 Å². The molecular weight excluding hydrogens is 257 g/mol. The van der Waals surface area contributed by atoms with E-state index >= 15 is 0 Å². The van der Waals surface area contributed by atoms with E-state index in [-0.39, 0.29) is 24.4 Å². The van der Waals surface area contributed by atoms with Gasteiger partial charge >= 0.3 is 0 Å². The highest BCUT2D eigenvalue weighted by Crippen LogP contribution is 2.25. The summed E-state index contributed by atoms with van der Waals surface area (Å²) in [6.07, 6.45) is 0. The van der Waals surface area contributed by atoms with Crippen LogP contribution in [-0.2, 0) is 4.74 Å². The number of nitro benzene ring substituents is 1. The Morgan fingerprint density at radius 3 is 2.74 bits per heavy atom. The molecule has 0 radical (unpaired) electrons. The van der Waals surface area contributed by atoms with E-state index in [9.17, 15) is 19.3 Å². The average Bonchev–Trinajstić information content (AvgIpc) is 2.37. The Balaban J connectivity index is 3.14. The second-order valence-corrected chi connectivity index (χ2v) is 3.87. The zero-order chi connectivity index (χ0) is 14.6. The molecule has 0 saturated heterocycles. The van der Waals surface area contributed by atoms with Gasteiger partial charge in [-0.2, -0.15) is 0 Å². The molecule has 1 amide bonds. The molecule has 0 fully saturated rings. The third kappa shape index (κ3) is 3.38. The molecule has 0 saturated carbocycles. The van der Waals surface area contributed by atoms with Crippen molar-refractivity contribution in [3.63, 3.8) is 0 Å². The minimum atomic E-state index is -0.928. The van der Waals surface area contributed by atoms with Gasteiger partial charge in [-0.05, 0) is 6.07 Å². The Kier molecular flexibility index (Phi) is 4.76. The Bertz CT molecular complexity index is 507. The van der Waals surface area contributed by atoms with Crippen LogP contribution in [0.1, 0.15) is 10.4 Å². The molecule has 0 bridgehead atoms. The van der Waals surface area contributed by atoms with Crippen LogP contribution in [0.2, 0.25) is 0 Å². The maximum atomic E-state index is 13.2. The maximum absolute atomic E-state index is 13.2. The largest absolute Gasteiger partial charge is 0.396 e. The quantitative estimate of drug-likeness (QED) is 0.490. The summed E-state index contributed by atoms with van der Waals surface area (Å²) in [5.41, 5.74) is 4.17. The number of hydrogen-bond acceptors (Lipinski definition) is 5. The van der Waals surface area contributed by atoms with Gasteiger partial charge in [0, 0.05) is 20.7 Å². The second kappa shape index (κ2) is 6.10. The molecule has 0 unspecified atom stereocenters. The lowest BCUT2D eigenvalue weighted by atomic mass is 10.1. The smallest absolute Gasteiger partial charge is 0.285 e. The van der Waals surface area contributed by atoms with Crippen molar-refractivity contribution in [2.45, 2.75) is 0 Å². The summed E-state index contributed by atoms with van der Waals surface area (Å²) in [5, 5.41) is 10.8. The molecule has 0 aromatic heterocycles. The normalized spacial score (nSPS) is 10.3. The van der Waals surface area contributed by atoms with Gasteiger partial charge in [0.1, 0.15) is 5.56 Å². The highest BCUT2D eigenvalue weighted by atomic mass is 19.1. The van der Waals surface area contributed by atoms with Crippen molar-refractivity contribution in [2.75, 3.05) is 33.0 Å². The van der Waals surface area contributed by atoms with Crippen LogP contribution in [0.5, 0.6) is 0 Å². The molecule has 1 aromatic carbocycles. The van der Waals surface area contributed by atoms with Gasteiger partial charge in [0.05, 0.1) is 23.3 Å². The third-order valence-electron chi connectivity index (χ3n) is 2.52. The lowest BCUT2D eigenvalue weighted by Gasteiger charge is -2.16. The van der Waals surface area contributed by atoms with Crippen LogP contribution < -0.4 is 5.73 Å². The zero-order valence-corrected chi connectivity index (χ0v) is 10.6. The fraction of sp³-hybridized carbons (Fsp3) is 0.364. The van der Waals surface area contributed by atoms with Crippen molar-refractivity contribution in [1.82, 2.24) is 4.90 Å². The predicted octanol–water partition coefficient (Wildman–Crippen LogP) is 1.03. The number of amides is 1. The molecule has 19 heavy (non-hydrogen) atoms. The number of nitro groups is 1. The number of rotatable bonds is 5. The number of carbonyl (C=O) groups excluding carboxylic acids is 1. The lowest BCUT2D eigenvalue weighted by Crippen LogP contribution is -2.30. The minimum Gasteiger partial charge on any atom is -0.396 e. The van der Waals surface area contributed by atoms with Crippen LogP contribution in [0.4, 0.5) is 15.8 Å². The van der Waals surface area contributed by atoms with E-state index in [0.29, 0.717) is 6.07 Å². The SMILES string of the molecule is COCCN(C)C(=O)c1cc(N)c(F)cc1[N+](=O)[O-]. The Labute approximate surface area is 108 Å².